The zero-order chi connectivity index (χ0) is 8.97. The standard InChI is InChI=1S/C8H11NO.C2H6.H2/c1-6-4-7-5-10-3-2-8(7)9-6;1-2;/h4,9H,2-3,5H2,1H3;1-2H3;1H. The number of nitrogens with one attached hydrogen (secondary N) is 1. The van der Waals surface area contributed by atoms with Gasteiger partial charge in [-0.3, -0.25) is 0 Å². The summed E-state index contributed by atoms with van der Waals surface area (Å²) in [7, 11) is 0. The first kappa shape index (κ1) is 9.33. The van der Waals surface area contributed by atoms with Gasteiger partial charge in [0.05, 0.1) is 13.2 Å². The Morgan fingerprint density at radius 1 is 1.50 bits per heavy atom. The molecule has 1 aromatic rings. The van der Waals surface area contributed by atoms with Crippen LogP contribution in [0.3, 0.4) is 0 Å². The molecule has 1 aliphatic rings. The maximum Gasteiger partial charge on any atom is 0.0734 e. The summed E-state index contributed by atoms with van der Waals surface area (Å²) in [5.41, 5.74) is 3.95. The van der Waals surface area contributed by atoms with Gasteiger partial charge in [0.25, 0.3) is 0 Å². The van der Waals surface area contributed by atoms with Crippen LogP contribution in [0, 0.1) is 6.92 Å². The Morgan fingerprint density at radius 3 is 2.92 bits per heavy atom. The molecule has 0 atom stereocenters. The average molecular weight is 169 g/mol. The van der Waals surface area contributed by atoms with E-state index in [9.17, 15) is 0 Å². The van der Waals surface area contributed by atoms with Crippen LogP contribution in [0.1, 0.15) is 32.2 Å². The molecule has 70 valence electrons. The van der Waals surface area contributed by atoms with E-state index < -0.39 is 0 Å². The van der Waals surface area contributed by atoms with Gasteiger partial charge in [-0.25, -0.2) is 0 Å². The zero-order valence-electron chi connectivity index (χ0n) is 8.11. The highest BCUT2D eigenvalue weighted by atomic mass is 16.5. The van der Waals surface area contributed by atoms with E-state index in [0.717, 1.165) is 19.6 Å². The van der Waals surface area contributed by atoms with E-state index in [1.54, 1.807) is 0 Å². The highest BCUT2D eigenvalue weighted by Gasteiger charge is 2.10. The Bertz CT molecular complexity index is 222. The first-order valence-corrected chi connectivity index (χ1v) is 4.61. The van der Waals surface area contributed by atoms with Crippen molar-refractivity contribution in [3.05, 3.63) is 23.0 Å². The van der Waals surface area contributed by atoms with Crippen molar-refractivity contribution in [3.63, 3.8) is 0 Å². The molecular weight excluding hydrogens is 150 g/mol. The van der Waals surface area contributed by atoms with E-state index in [1.807, 2.05) is 13.8 Å². The maximum atomic E-state index is 5.29. The van der Waals surface area contributed by atoms with Crippen molar-refractivity contribution in [3.8, 4) is 0 Å². The number of rotatable bonds is 0. The van der Waals surface area contributed by atoms with Crippen LogP contribution in [0.15, 0.2) is 6.07 Å². The summed E-state index contributed by atoms with van der Waals surface area (Å²) in [5.74, 6) is 0. The van der Waals surface area contributed by atoms with Crippen molar-refractivity contribution >= 4 is 0 Å². The number of ether oxygens (including phenoxy) is 1. The lowest BCUT2D eigenvalue weighted by molar-refractivity contribution is 0.110. The SMILES string of the molecule is CC.Cc1cc2c([nH]1)CCOC2.[HH]. The van der Waals surface area contributed by atoms with Gasteiger partial charge < -0.3 is 9.72 Å². The molecule has 0 fully saturated rings. The van der Waals surface area contributed by atoms with Crippen molar-refractivity contribution in [1.82, 2.24) is 4.98 Å². The summed E-state index contributed by atoms with van der Waals surface area (Å²) in [6, 6.07) is 2.16. The van der Waals surface area contributed by atoms with Gasteiger partial charge in [-0.05, 0) is 18.6 Å². The molecule has 12 heavy (non-hydrogen) atoms. The molecule has 0 saturated carbocycles. The average Bonchev–Trinajstić information content (AvgIpc) is 2.48. The minimum atomic E-state index is 0. The molecule has 2 heterocycles. The maximum absolute atomic E-state index is 5.29. The third-order valence-corrected chi connectivity index (χ3v) is 1.88. The van der Waals surface area contributed by atoms with Crippen LogP contribution in [-0.4, -0.2) is 11.6 Å². The van der Waals surface area contributed by atoms with Gasteiger partial charge in [0.1, 0.15) is 0 Å². The number of hydrogen-bond acceptors (Lipinski definition) is 1. The summed E-state index contributed by atoms with van der Waals surface area (Å²) in [6.45, 7) is 7.74. The molecule has 1 aliphatic heterocycles. The number of aromatic nitrogens is 1. The third-order valence-electron chi connectivity index (χ3n) is 1.88. The Balaban J connectivity index is 0.000000451. The lowest BCUT2D eigenvalue weighted by Crippen LogP contribution is -2.07. The van der Waals surface area contributed by atoms with Crippen LogP contribution >= 0.6 is 0 Å². The summed E-state index contributed by atoms with van der Waals surface area (Å²) in [5, 5.41) is 0. The molecule has 0 spiro atoms. The van der Waals surface area contributed by atoms with Crippen LogP contribution in [0.25, 0.3) is 0 Å². The normalized spacial score (nSPS) is 14.6. The predicted molar refractivity (Wildman–Crippen MR) is 52.4 cm³/mol. The van der Waals surface area contributed by atoms with E-state index in [2.05, 4.69) is 18.0 Å². The monoisotopic (exact) mass is 169 g/mol. The zero-order valence-corrected chi connectivity index (χ0v) is 8.11. The van der Waals surface area contributed by atoms with Gasteiger partial charge in [-0.1, -0.05) is 13.8 Å². The molecule has 0 unspecified atom stereocenters. The van der Waals surface area contributed by atoms with Gasteiger partial charge in [-0.2, -0.15) is 0 Å². The summed E-state index contributed by atoms with van der Waals surface area (Å²) in [6.07, 6.45) is 1.04. The van der Waals surface area contributed by atoms with Crippen molar-refractivity contribution in [2.45, 2.75) is 33.8 Å². The summed E-state index contributed by atoms with van der Waals surface area (Å²) >= 11 is 0. The smallest absolute Gasteiger partial charge is 0.0734 e. The molecule has 0 aliphatic carbocycles. The fourth-order valence-corrected chi connectivity index (χ4v) is 1.41. The molecule has 1 aromatic heterocycles. The highest BCUT2D eigenvalue weighted by Crippen LogP contribution is 2.16. The highest BCUT2D eigenvalue weighted by molar-refractivity contribution is 5.25. The lowest BCUT2D eigenvalue weighted by atomic mass is 10.2. The molecule has 0 saturated heterocycles. The molecule has 2 rings (SSSR count). The molecule has 0 amide bonds. The molecule has 0 aromatic carbocycles. The fraction of sp³-hybridized carbons (Fsp3) is 0.600. The fourth-order valence-electron chi connectivity index (χ4n) is 1.41. The van der Waals surface area contributed by atoms with Crippen molar-refractivity contribution in [2.24, 2.45) is 0 Å². The van der Waals surface area contributed by atoms with Crippen LogP contribution in [-0.2, 0) is 17.8 Å². The van der Waals surface area contributed by atoms with Gasteiger partial charge in [0.2, 0.25) is 0 Å². The second-order valence-electron chi connectivity index (χ2n) is 2.76. The number of aryl methyl sites for hydroxylation is 1. The van der Waals surface area contributed by atoms with Crippen LogP contribution in [0.2, 0.25) is 0 Å². The minimum Gasteiger partial charge on any atom is -0.376 e. The van der Waals surface area contributed by atoms with Crippen molar-refractivity contribution in [2.75, 3.05) is 6.61 Å². The molecular formula is C10H19NO. The van der Waals surface area contributed by atoms with Gasteiger partial charge in [0.15, 0.2) is 0 Å². The largest absolute Gasteiger partial charge is 0.376 e. The first-order valence-electron chi connectivity index (χ1n) is 4.61. The van der Waals surface area contributed by atoms with Crippen molar-refractivity contribution < 1.29 is 6.16 Å². The lowest BCUT2D eigenvalue weighted by Gasteiger charge is -2.10. The van der Waals surface area contributed by atoms with Crippen LogP contribution < -0.4 is 0 Å². The minimum absolute atomic E-state index is 0. The quantitative estimate of drug-likeness (QED) is 0.634. The number of hydrogen-bond donors (Lipinski definition) is 1. The van der Waals surface area contributed by atoms with Gasteiger partial charge in [-0.15, -0.1) is 0 Å². The molecule has 0 bridgehead atoms. The summed E-state index contributed by atoms with van der Waals surface area (Å²) < 4.78 is 5.29. The Hall–Kier alpha value is -0.760. The Kier molecular flexibility index (Phi) is 3.35. The molecule has 2 heteroatoms. The predicted octanol–water partition coefficient (Wildman–Crippen LogP) is 2.67. The van der Waals surface area contributed by atoms with Gasteiger partial charge >= 0.3 is 0 Å². The second-order valence-corrected chi connectivity index (χ2v) is 2.76. The van der Waals surface area contributed by atoms with Crippen LogP contribution in [0.4, 0.5) is 0 Å². The second kappa shape index (κ2) is 4.31. The van der Waals surface area contributed by atoms with E-state index in [0.29, 0.717) is 0 Å². The van der Waals surface area contributed by atoms with Gasteiger partial charge in [0, 0.05) is 19.2 Å². The van der Waals surface area contributed by atoms with Crippen LogP contribution in [0.5, 0.6) is 0 Å². The molecule has 2 nitrogen and oxygen atoms in total. The van der Waals surface area contributed by atoms with Crippen molar-refractivity contribution in [1.29, 1.82) is 0 Å². The number of H-pyrrole nitrogens is 1. The number of fused-ring (bicyclic) bond motifs is 1. The molecule has 1 N–H and O–H groups in total. The Labute approximate surface area is 75.4 Å². The summed E-state index contributed by atoms with van der Waals surface area (Å²) in [4.78, 5) is 3.32. The van der Waals surface area contributed by atoms with E-state index in [4.69, 9.17) is 4.74 Å². The number of aromatic amines is 1. The Morgan fingerprint density at radius 2 is 2.25 bits per heavy atom. The van der Waals surface area contributed by atoms with E-state index >= 15 is 0 Å². The first-order chi connectivity index (χ1) is 5.86. The van der Waals surface area contributed by atoms with E-state index in [1.165, 1.54) is 17.0 Å². The topological polar surface area (TPSA) is 25.0 Å². The van der Waals surface area contributed by atoms with E-state index in [-0.39, 0.29) is 1.43 Å². The third kappa shape index (κ3) is 1.89. The molecule has 0 radical (unpaired) electrons.